The molecule has 3 rings (SSSR count). The summed E-state index contributed by atoms with van der Waals surface area (Å²) in [4.78, 5) is 15.3. The Labute approximate surface area is 132 Å². The van der Waals surface area contributed by atoms with Gasteiger partial charge in [-0.2, -0.15) is 5.10 Å². The minimum atomic E-state index is -0.117. The van der Waals surface area contributed by atoms with E-state index in [1.165, 1.54) is 0 Å². The SMILES string of the molecule is CCn1c(CCNC(=O)c2cc3ccccc3[nH]2)n[nH]c1=S. The Balaban J connectivity index is 1.63. The predicted octanol–water partition coefficient (Wildman–Crippen LogP) is 2.41. The highest BCUT2D eigenvalue weighted by molar-refractivity contribution is 7.71. The number of amides is 1. The molecule has 7 heteroatoms. The molecule has 1 aromatic carbocycles. The number of fused-ring (bicyclic) bond motifs is 1. The number of aromatic amines is 2. The van der Waals surface area contributed by atoms with E-state index >= 15 is 0 Å². The lowest BCUT2D eigenvalue weighted by atomic mass is 10.2. The van der Waals surface area contributed by atoms with E-state index in [-0.39, 0.29) is 5.91 Å². The van der Waals surface area contributed by atoms with Crippen LogP contribution in [-0.4, -0.2) is 32.2 Å². The predicted molar refractivity (Wildman–Crippen MR) is 87.4 cm³/mol. The van der Waals surface area contributed by atoms with Gasteiger partial charge in [-0.25, -0.2) is 0 Å². The number of nitrogens with one attached hydrogen (secondary N) is 3. The monoisotopic (exact) mass is 315 g/mol. The van der Waals surface area contributed by atoms with Crippen molar-refractivity contribution >= 4 is 29.0 Å². The third-order valence-electron chi connectivity index (χ3n) is 3.56. The van der Waals surface area contributed by atoms with Gasteiger partial charge in [0, 0.05) is 30.4 Å². The van der Waals surface area contributed by atoms with Gasteiger partial charge in [0.25, 0.3) is 5.91 Å². The molecule has 0 aliphatic heterocycles. The second-order valence-corrected chi connectivity index (χ2v) is 5.35. The van der Waals surface area contributed by atoms with E-state index in [0.717, 1.165) is 23.3 Å². The first-order valence-corrected chi connectivity index (χ1v) is 7.60. The summed E-state index contributed by atoms with van der Waals surface area (Å²) in [7, 11) is 0. The van der Waals surface area contributed by atoms with Crippen LogP contribution < -0.4 is 5.32 Å². The van der Waals surface area contributed by atoms with Crippen LogP contribution in [0.2, 0.25) is 0 Å². The molecule has 6 nitrogen and oxygen atoms in total. The number of benzene rings is 1. The van der Waals surface area contributed by atoms with Gasteiger partial charge >= 0.3 is 0 Å². The smallest absolute Gasteiger partial charge is 0.267 e. The molecule has 0 saturated heterocycles. The summed E-state index contributed by atoms with van der Waals surface area (Å²) in [6.45, 7) is 3.28. The fourth-order valence-corrected chi connectivity index (χ4v) is 2.73. The van der Waals surface area contributed by atoms with Crippen molar-refractivity contribution in [3.63, 3.8) is 0 Å². The maximum atomic E-state index is 12.2. The summed E-state index contributed by atoms with van der Waals surface area (Å²) in [5, 5.41) is 10.9. The van der Waals surface area contributed by atoms with Gasteiger partial charge in [0.05, 0.1) is 0 Å². The maximum absolute atomic E-state index is 12.2. The summed E-state index contributed by atoms with van der Waals surface area (Å²) in [5.74, 6) is 0.734. The number of H-pyrrole nitrogens is 2. The van der Waals surface area contributed by atoms with Crippen LogP contribution in [0.4, 0.5) is 0 Å². The van der Waals surface area contributed by atoms with Gasteiger partial charge in [-0.3, -0.25) is 9.89 Å². The Hall–Kier alpha value is -2.41. The molecule has 0 bridgehead atoms. The number of aromatic nitrogens is 4. The third-order valence-corrected chi connectivity index (χ3v) is 3.87. The van der Waals surface area contributed by atoms with Crippen LogP contribution in [0.1, 0.15) is 23.2 Å². The summed E-state index contributed by atoms with van der Waals surface area (Å²) < 4.78 is 2.53. The van der Waals surface area contributed by atoms with Crippen LogP contribution in [-0.2, 0) is 13.0 Å². The zero-order valence-corrected chi connectivity index (χ0v) is 13.0. The zero-order valence-electron chi connectivity index (χ0n) is 12.2. The van der Waals surface area contributed by atoms with E-state index in [2.05, 4.69) is 20.5 Å². The first-order valence-electron chi connectivity index (χ1n) is 7.19. The highest BCUT2D eigenvalue weighted by Crippen LogP contribution is 2.14. The minimum Gasteiger partial charge on any atom is -0.351 e. The van der Waals surface area contributed by atoms with Crippen molar-refractivity contribution in [1.29, 1.82) is 0 Å². The van der Waals surface area contributed by atoms with Crippen molar-refractivity contribution in [3.8, 4) is 0 Å². The summed E-state index contributed by atoms with van der Waals surface area (Å²) in [6.07, 6.45) is 0.632. The van der Waals surface area contributed by atoms with Crippen molar-refractivity contribution in [2.24, 2.45) is 0 Å². The zero-order chi connectivity index (χ0) is 15.5. The number of carbonyl (C=O) groups is 1. The Kier molecular flexibility index (Phi) is 4.06. The second kappa shape index (κ2) is 6.15. The van der Waals surface area contributed by atoms with Crippen molar-refractivity contribution in [2.45, 2.75) is 19.9 Å². The number of hydrogen-bond donors (Lipinski definition) is 3. The molecule has 0 aliphatic carbocycles. The Morgan fingerprint density at radius 1 is 1.41 bits per heavy atom. The van der Waals surface area contributed by atoms with E-state index in [0.29, 0.717) is 23.4 Å². The Bertz CT molecular complexity index is 827. The van der Waals surface area contributed by atoms with Gasteiger partial charge in [-0.05, 0) is 31.3 Å². The lowest BCUT2D eigenvalue weighted by Gasteiger charge is -2.05. The lowest BCUT2D eigenvalue weighted by Crippen LogP contribution is -2.26. The van der Waals surface area contributed by atoms with Crippen molar-refractivity contribution in [2.75, 3.05) is 6.54 Å². The molecule has 1 amide bonds. The first-order chi connectivity index (χ1) is 10.7. The number of carbonyl (C=O) groups excluding carboxylic acids is 1. The molecular formula is C15H17N5OS. The van der Waals surface area contributed by atoms with Crippen LogP contribution in [0.3, 0.4) is 0 Å². The van der Waals surface area contributed by atoms with E-state index in [9.17, 15) is 4.79 Å². The van der Waals surface area contributed by atoms with Crippen molar-refractivity contribution < 1.29 is 4.79 Å². The molecule has 0 saturated carbocycles. The van der Waals surface area contributed by atoms with Crippen LogP contribution in [0.25, 0.3) is 10.9 Å². The fourth-order valence-electron chi connectivity index (χ4n) is 2.45. The second-order valence-electron chi connectivity index (χ2n) is 4.97. The molecular weight excluding hydrogens is 298 g/mol. The lowest BCUT2D eigenvalue weighted by molar-refractivity contribution is 0.0949. The molecule has 0 spiro atoms. The van der Waals surface area contributed by atoms with E-state index in [1.54, 1.807) is 0 Å². The average molecular weight is 315 g/mol. The van der Waals surface area contributed by atoms with Gasteiger partial charge in [-0.15, -0.1) is 0 Å². The minimum absolute atomic E-state index is 0.117. The number of rotatable bonds is 5. The van der Waals surface area contributed by atoms with Crippen LogP contribution in [0.15, 0.2) is 30.3 Å². The molecule has 0 atom stereocenters. The molecule has 3 N–H and O–H groups in total. The molecule has 3 aromatic rings. The van der Waals surface area contributed by atoms with Crippen LogP contribution in [0.5, 0.6) is 0 Å². The molecule has 2 heterocycles. The normalized spacial score (nSPS) is 11.0. The van der Waals surface area contributed by atoms with Gasteiger partial charge in [0.15, 0.2) is 4.77 Å². The highest BCUT2D eigenvalue weighted by atomic mass is 32.1. The van der Waals surface area contributed by atoms with E-state index in [1.807, 2.05) is 41.8 Å². The number of para-hydroxylation sites is 1. The van der Waals surface area contributed by atoms with Crippen molar-refractivity contribution in [3.05, 3.63) is 46.6 Å². The largest absolute Gasteiger partial charge is 0.351 e. The van der Waals surface area contributed by atoms with Gasteiger partial charge in [-0.1, -0.05) is 18.2 Å². The third kappa shape index (κ3) is 2.80. The molecule has 0 radical (unpaired) electrons. The number of nitrogens with zero attached hydrogens (tertiary/aromatic N) is 2. The topological polar surface area (TPSA) is 78.5 Å². The molecule has 0 aliphatic rings. The van der Waals surface area contributed by atoms with E-state index < -0.39 is 0 Å². The highest BCUT2D eigenvalue weighted by Gasteiger charge is 2.10. The quantitative estimate of drug-likeness (QED) is 0.633. The average Bonchev–Trinajstić information content (AvgIpc) is 3.10. The molecule has 22 heavy (non-hydrogen) atoms. The van der Waals surface area contributed by atoms with Crippen LogP contribution in [0, 0.1) is 4.77 Å². The fraction of sp³-hybridized carbons (Fsp3) is 0.267. The number of hydrogen-bond acceptors (Lipinski definition) is 3. The summed E-state index contributed by atoms with van der Waals surface area (Å²) in [5.41, 5.74) is 1.52. The van der Waals surface area contributed by atoms with Gasteiger partial charge in [0.1, 0.15) is 11.5 Å². The summed E-state index contributed by atoms with van der Waals surface area (Å²) >= 11 is 5.14. The van der Waals surface area contributed by atoms with E-state index in [4.69, 9.17) is 12.2 Å². The Morgan fingerprint density at radius 3 is 3.00 bits per heavy atom. The molecule has 2 aromatic heterocycles. The summed E-state index contributed by atoms with van der Waals surface area (Å²) in [6, 6.07) is 9.67. The Morgan fingerprint density at radius 2 is 2.23 bits per heavy atom. The van der Waals surface area contributed by atoms with Gasteiger partial charge < -0.3 is 14.9 Å². The van der Waals surface area contributed by atoms with Crippen LogP contribution >= 0.6 is 12.2 Å². The first kappa shape index (κ1) is 14.5. The maximum Gasteiger partial charge on any atom is 0.267 e. The molecule has 0 unspecified atom stereocenters. The standard InChI is InChI=1S/C15H17N5OS/c1-2-20-13(18-19-15(20)22)7-8-16-14(21)12-9-10-5-3-4-6-11(10)17-12/h3-6,9,17H,2,7-8H2,1H3,(H,16,21)(H,19,22). The molecule has 0 fully saturated rings. The molecule has 114 valence electrons. The van der Waals surface area contributed by atoms with Gasteiger partial charge in [0.2, 0.25) is 0 Å². The van der Waals surface area contributed by atoms with Crippen molar-refractivity contribution in [1.82, 2.24) is 25.1 Å².